The molecule has 1 aromatic carbocycles. The third-order valence-electron chi connectivity index (χ3n) is 4.72. The van der Waals surface area contributed by atoms with Gasteiger partial charge >= 0.3 is 0 Å². The van der Waals surface area contributed by atoms with Gasteiger partial charge in [0.1, 0.15) is 0 Å². The van der Waals surface area contributed by atoms with Crippen molar-refractivity contribution in [2.45, 2.75) is 38.4 Å². The Morgan fingerprint density at radius 1 is 1.24 bits per heavy atom. The number of carbonyl (C=O) groups excluding carboxylic acids is 2. The van der Waals surface area contributed by atoms with Crippen LogP contribution in [0.4, 0.5) is 0 Å². The average molecular weight is 366 g/mol. The maximum Gasteiger partial charge on any atom is 0.248 e. The van der Waals surface area contributed by atoms with Crippen LogP contribution in [0.1, 0.15) is 42.6 Å². The lowest BCUT2D eigenvalue weighted by Gasteiger charge is -2.32. The van der Waals surface area contributed by atoms with E-state index in [4.69, 9.17) is 5.73 Å². The molecule has 0 aliphatic carbocycles. The van der Waals surface area contributed by atoms with E-state index >= 15 is 0 Å². The first-order valence-electron chi connectivity index (χ1n) is 8.57. The van der Waals surface area contributed by atoms with E-state index in [9.17, 15) is 18.0 Å². The number of carbonyl (C=O) groups is 2. The lowest BCUT2D eigenvalue weighted by molar-refractivity contribution is -0.131. The van der Waals surface area contributed by atoms with Gasteiger partial charge in [-0.05, 0) is 50.3 Å². The largest absolute Gasteiger partial charge is 0.366 e. The number of amides is 2. The lowest BCUT2D eigenvalue weighted by Crippen LogP contribution is -2.41. The maximum atomic E-state index is 12.4. The normalized spacial score (nSPS) is 16.2. The Hall–Kier alpha value is -1.89. The van der Waals surface area contributed by atoms with Crippen LogP contribution in [-0.2, 0) is 21.1 Å². The Kier molecular flexibility index (Phi) is 6.21. The minimum Gasteiger partial charge on any atom is -0.366 e. The number of benzene rings is 1. The van der Waals surface area contributed by atoms with Gasteiger partial charge in [-0.3, -0.25) is 9.59 Å². The molecule has 2 amide bonds. The Morgan fingerprint density at radius 2 is 1.88 bits per heavy atom. The monoisotopic (exact) mass is 366 g/mol. The molecule has 1 saturated heterocycles. The average Bonchev–Trinajstić information content (AvgIpc) is 2.55. The second kappa shape index (κ2) is 7.99. The fourth-order valence-corrected chi connectivity index (χ4v) is 4.37. The zero-order chi connectivity index (χ0) is 18.6. The van der Waals surface area contributed by atoms with Crippen LogP contribution in [0.2, 0.25) is 0 Å². The molecule has 0 spiro atoms. The van der Waals surface area contributed by atoms with Gasteiger partial charge in [-0.25, -0.2) is 8.42 Å². The molecule has 0 atom stereocenters. The molecule has 0 bridgehead atoms. The molecule has 6 nitrogen and oxygen atoms in total. The first kappa shape index (κ1) is 19.4. The van der Waals surface area contributed by atoms with Crippen molar-refractivity contribution in [3.05, 3.63) is 35.4 Å². The zero-order valence-electron chi connectivity index (χ0n) is 14.8. The quantitative estimate of drug-likeness (QED) is 0.822. The van der Waals surface area contributed by atoms with Gasteiger partial charge in [0.2, 0.25) is 11.8 Å². The van der Waals surface area contributed by atoms with Crippen molar-refractivity contribution in [3.63, 3.8) is 0 Å². The van der Waals surface area contributed by atoms with E-state index < -0.39 is 15.7 Å². The SMILES string of the molecule is CC(C)S(=O)(=O)CC1CCN(C(=O)Cc2cccc(C(N)=O)c2)CC1. The Balaban J connectivity index is 1.89. The Bertz CT molecular complexity index is 735. The molecule has 1 heterocycles. The fourth-order valence-electron chi connectivity index (χ4n) is 2.99. The van der Waals surface area contributed by atoms with Crippen molar-refractivity contribution < 1.29 is 18.0 Å². The standard InChI is InChI=1S/C18H26N2O4S/c1-13(2)25(23,24)12-14-6-8-20(9-7-14)17(21)11-15-4-3-5-16(10-15)18(19)22/h3-5,10,13-14H,6-9,11-12H2,1-2H3,(H2,19,22). The minimum atomic E-state index is -3.04. The maximum absolute atomic E-state index is 12.4. The van der Waals surface area contributed by atoms with Gasteiger partial charge < -0.3 is 10.6 Å². The van der Waals surface area contributed by atoms with E-state index in [-0.39, 0.29) is 29.2 Å². The summed E-state index contributed by atoms with van der Waals surface area (Å²) >= 11 is 0. The first-order chi connectivity index (χ1) is 11.7. The fraction of sp³-hybridized carbons (Fsp3) is 0.556. The summed E-state index contributed by atoms with van der Waals surface area (Å²) < 4.78 is 24.0. The van der Waals surface area contributed by atoms with Crippen molar-refractivity contribution in [1.82, 2.24) is 4.90 Å². The first-order valence-corrected chi connectivity index (χ1v) is 10.3. The van der Waals surface area contributed by atoms with E-state index in [1.165, 1.54) is 0 Å². The minimum absolute atomic E-state index is 0.00760. The van der Waals surface area contributed by atoms with Crippen molar-refractivity contribution in [3.8, 4) is 0 Å². The highest BCUT2D eigenvalue weighted by Crippen LogP contribution is 2.21. The number of piperidine rings is 1. The van der Waals surface area contributed by atoms with Crippen molar-refractivity contribution in [2.24, 2.45) is 11.7 Å². The number of nitrogens with two attached hydrogens (primary N) is 1. The third-order valence-corrected chi connectivity index (χ3v) is 7.09. The van der Waals surface area contributed by atoms with Crippen LogP contribution in [0.3, 0.4) is 0 Å². The van der Waals surface area contributed by atoms with Gasteiger partial charge in [-0.2, -0.15) is 0 Å². The highest BCUT2D eigenvalue weighted by molar-refractivity contribution is 7.91. The molecule has 0 unspecified atom stereocenters. The second-order valence-corrected chi connectivity index (χ2v) is 9.55. The number of sulfone groups is 1. The molecule has 2 rings (SSSR count). The van der Waals surface area contributed by atoms with E-state index in [0.29, 0.717) is 31.5 Å². The molecule has 7 heteroatoms. The molecular formula is C18H26N2O4S. The summed E-state index contributed by atoms with van der Waals surface area (Å²) in [5.41, 5.74) is 6.41. The number of hydrogen-bond acceptors (Lipinski definition) is 4. The Labute approximate surface area is 149 Å². The number of hydrogen-bond donors (Lipinski definition) is 1. The molecule has 25 heavy (non-hydrogen) atoms. The highest BCUT2D eigenvalue weighted by atomic mass is 32.2. The van der Waals surface area contributed by atoms with E-state index in [1.54, 1.807) is 43.0 Å². The summed E-state index contributed by atoms with van der Waals surface area (Å²) in [4.78, 5) is 25.4. The van der Waals surface area contributed by atoms with Gasteiger partial charge in [-0.1, -0.05) is 12.1 Å². The molecule has 1 aromatic rings. The summed E-state index contributed by atoms with van der Waals surface area (Å²) in [6.07, 6.45) is 1.63. The lowest BCUT2D eigenvalue weighted by atomic mass is 9.98. The van der Waals surface area contributed by atoms with E-state index in [0.717, 1.165) is 5.56 Å². The molecule has 1 fully saturated rings. The van der Waals surface area contributed by atoms with E-state index in [1.807, 2.05) is 0 Å². The van der Waals surface area contributed by atoms with Crippen LogP contribution in [0.5, 0.6) is 0 Å². The van der Waals surface area contributed by atoms with Crippen molar-refractivity contribution in [2.75, 3.05) is 18.8 Å². The summed E-state index contributed by atoms with van der Waals surface area (Å²) in [5, 5.41) is -0.357. The zero-order valence-corrected chi connectivity index (χ0v) is 15.6. The molecule has 2 N–H and O–H groups in total. The summed E-state index contributed by atoms with van der Waals surface area (Å²) in [7, 11) is -3.04. The van der Waals surface area contributed by atoms with Crippen molar-refractivity contribution >= 4 is 21.7 Å². The summed E-state index contributed by atoms with van der Waals surface area (Å²) in [6, 6.07) is 6.77. The summed E-state index contributed by atoms with van der Waals surface area (Å²) in [6.45, 7) is 4.56. The van der Waals surface area contributed by atoms with Gasteiger partial charge in [0.15, 0.2) is 9.84 Å². The predicted octanol–water partition coefficient (Wildman–Crippen LogP) is 1.39. The van der Waals surface area contributed by atoms with Crippen LogP contribution in [-0.4, -0.2) is 49.2 Å². The topological polar surface area (TPSA) is 97.5 Å². The highest BCUT2D eigenvalue weighted by Gasteiger charge is 2.28. The second-order valence-electron chi connectivity index (χ2n) is 6.94. The van der Waals surface area contributed by atoms with Crippen LogP contribution in [0.25, 0.3) is 0 Å². The van der Waals surface area contributed by atoms with Crippen molar-refractivity contribution in [1.29, 1.82) is 0 Å². The number of nitrogens with zero attached hydrogens (tertiary/aromatic N) is 1. The number of likely N-dealkylation sites (tertiary alicyclic amines) is 1. The predicted molar refractivity (Wildman–Crippen MR) is 96.9 cm³/mol. The van der Waals surface area contributed by atoms with Gasteiger partial charge in [0, 0.05) is 18.7 Å². The van der Waals surface area contributed by atoms with Crippen LogP contribution < -0.4 is 5.73 Å². The summed E-state index contributed by atoms with van der Waals surface area (Å²) in [5.74, 6) is -0.198. The molecule has 1 aliphatic rings. The molecule has 0 aromatic heterocycles. The molecular weight excluding hydrogens is 340 g/mol. The Morgan fingerprint density at radius 3 is 2.44 bits per heavy atom. The molecule has 1 aliphatic heterocycles. The van der Waals surface area contributed by atoms with Gasteiger partial charge in [0.05, 0.1) is 17.4 Å². The van der Waals surface area contributed by atoms with Crippen LogP contribution >= 0.6 is 0 Å². The third kappa shape index (κ3) is 5.29. The molecule has 138 valence electrons. The molecule has 0 saturated carbocycles. The van der Waals surface area contributed by atoms with Gasteiger partial charge in [0.25, 0.3) is 0 Å². The van der Waals surface area contributed by atoms with Crippen LogP contribution in [0.15, 0.2) is 24.3 Å². The van der Waals surface area contributed by atoms with Gasteiger partial charge in [-0.15, -0.1) is 0 Å². The number of rotatable bonds is 6. The van der Waals surface area contributed by atoms with E-state index in [2.05, 4.69) is 0 Å². The smallest absolute Gasteiger partial charge is 0.248 e. The van der Waals surface area contributed by atoms with Crippen LogP contribution in [0, 0.1) is 5.92 Å². The number of primary amides is 1. The molecule has 0 radical (unpaired) electrons.